The maximum absolute atomic E-state index is 12.2. The Morgan fingerprint density at radius 3 is 2.60 bits per heavy atom. The van der Waals surface area contributed by atoms with Crippen LogP contribution in [0.25, 0.3) is 0 Å². The van der Waals surface area contributed by atoms with Gasteiger partial charge in [-0.05, 0) is 60.5 Å². The van der Waals surface area contributed by atoms with E-state index in [1.165, 1.54) is 4.90 Å². The second-order valence-corrected chi connectivity index (χ2v) is 7.64. The van der Waals surface area contributed by atoms with E-state index >= 15 is 0 Å². The van der Waals surface area contributed by atoms with Gasteiger partial charge in [-0.15, -0.1) is 0 Å². The third-order valence-electron chi connectivity index (χ3n) is 3.20. The number of aromatic amines is 1. The highest BCUT2D eigenvalue weighted by Gasteiger charge is 2.19. The van der Waals surface area contributed by atoms with Crippen molar-refractivity contribution in [1.82, 2.24) is 9.88 Å². The first-order valence-electron chi connectivity index (χ1n) is 7.82. The van der Waals surface area contributed by atoms with Gasteiger partial charge in [0.05, 0.1) is 0 Å². The molecule has 1 heterocycles. The standard InChI is InChI=1S/C18H22BrN3O3/c1-18(2,3)25-17(24)22(4)11-12-6-5-7-14(8-12)21-16(23)15-9-13(19)10-20-15/h5-10,20H,11H2,1-4H3,(H,21,23). The molecule has 0 aliphatic rings. The number of rotatable bonds is 4. The number of carbonyl (C=O) groups excluding carboxylic acids is 2. The van der Waals surface area contributed by atoms with E-state index in [0.29, 0.717) is 17.9 Å². The SMILES string of the molecule is CN(Cc1cccc(NC(=O)c2cc(Br)c[nH]2)c1)C(=O)OC(C)(C)C. The van der Waals surface area contributed by atoms with Crippen molar-refractivity contribution in [3.8, 4) is 0 Å². The van der Waals surface area contributed by atoms with E-state index in [-0.39, 0.29) is 5.91 Å². The Morgan fingerprint density at radius 2 is 2.00 bits per heavy atom. The number of hydrogen-bond donors (Lipinski definition) is 2. The van der Waals surface area contributed by atoms with Gasteiger partial charge in [0.2, 0.25) is 0 Å². The lowest BCUT2D eigenvalue weighted by Crippen LogP contribution is -2.33. The maximum atomic E-state index is 12.2. The van der Waals surface area contributed by atoms with Crippen LogP contribution in [-0.2, 0) is 11.3 Å². The van der Waals surface area contributed by atoms with Gasteiger partial charge in [-0.3, -0.25) is 4.79 Å². The van der Waals surface area contributed by atoms with Crippen molar-refractivity contribution in [3.63, 3.8) is 0 Å². The molecule has 0 bridgehead atoms. The van der Waals surface area contributed by atoms with E-state index in [1.807, 2.05) is 39.0 Å². The average molecular weight is 408 g/mol. The number of benzene rings is 1. The molecule has 1 aromatic carbocycles. The number of anilines is 1. The maximum Gasteiger partial charge on any atom is 0.410 e. The van der Waals surface area contributed by atoms with Crippen LogP contribution in [0.1, 0.15) is 36.8 Å². The Kier molecular flexibility index (Phi) is 5.89. The minimum absolute atomic E-state index is 0.233. The molecule has 2 N–H and O–H groups in total. The molecule has 0 fully saturated rings. The van der Waals surface area contributed by atoms with E-state index in [9.17, 15) is 9.59 Å². The monoisotopic (exact) mass is 407 g/mol. The summed E-state index contributed by atoms with van der Waals surface area (Å²) in [7, 11) is 1.68. The Balaban J connectivity index is 2.01. The van der Waals surface area contributed by atoms with Gasteiger partial charge < -0.3 is 19.9 Å². The summed E-state index contributed by atoms with van der Waals surface area (Å²) in [6.07, 6.45) is 1.30. The van der Waals surface area contributed by atoms with Crippen molar-refractivity contribution in [2.24, 2.45) is 0 Å². The minimum atomic E-state index is -0.536. The van der Waals surface area contributed by atoms with Crippen molar-refractivity contribution in [3.05, 3.63) is 52.3 Å². The molecule has 0 spiro atoms. The van der Waals surface area contributed by atoms with Gasteiger partial charge in [-0.2, -0.15) is 0 Å². The largest absolute Gasteiger partial charge is 0.444 e. The second-order valence-electron chi connectivity index (χ2n) is 6.72. The summed E-state index contributed by atoms with van der Waals surface area (Å²) in [5.74, 6) is -0.233. The zero-order valence-corrected chi connectivity index (χ0v) is 16.3. The number of aromatic nitrogens is 1. The predicted molar refractivity (Wildman–Crippen MR) is 101 cm³/mol. The summed E-state index contributed by atoms with van der Waals surface area (Å²) in [5, 5.41) is 2.83. The fraction of sp³-hybridized carbons (Fsp3) is 0.333. The highest BCUT2D eigenvalue weighted by Crippen LogP contribution is 2.16. The van der Waals surface area contributed by atoms with Gasteiger partial charge in [0.1, 0.15) is 11.3 Å². The molecule has 0 aliphatic heterocycles. The summed E-state index contributed by atoms with van der Waals surface area (Å²) in [4.78, 5) is 28.6. The Bertz CT molecular complexity index is 765. The second kappa shape index (κ2) is 7.74. The Labute approximate surface area is 155 Å². The number of nitrogens with zero attached hydrogens (tertiary/aromatic N) is 1. The highest BCUT2D eigenvalue weighted by atomic mass is 79.9. The molecule has 2 rings (SSSR count). The summed E-state index contributed by atoms with van der Waals surface area (Å²) in [5.41, 5.74) is 1.47. The molecule has 0 saturated carbocycles. The molecule has 0 atom stereocenters. The Morgan fingerprint density at radius 1 is 1.28 bits per heavy atom. The number of amides is 2. The lowest BCUT2D eigenvalue weighted by molar-refractivity contribution is 0.0285. The summed E-state index contributed by atoms with van der Waals surface area (Å²) in [6, 6.07) is 9.05. The van der Waals surface area contributed by atoms with Crippen molar-refractivity contribution < 1.29 is 14.3 Å². The van der Waals surface area contributed by atoms with Crippen LogP contribution in [0.5, 0.6) is 0 Å². The lowest BCUT2D eigenvalue weighted by Gasteiger charge is -2.24. The van der Waals surface area contributed by atoms with E-state index in [1.54, 1.807) is 25.4 Å². The van der Waals surface area contributed by atoms with E-state index < -0.39 is 11.7 Å². The molecule has 1 aromatic heterocycles. The first-order valence-corrected chi connectivity index (χ1v) is 8.62. The summed E-state index contributed by atoms with van der Waals surface area (Å²) < 4.78 is 6.15. The molecule has 134 valence electrons. The van der Waals surface area contributed by atoms with Crippen LogP contribution < -0.4 is 5.32 Å². The van der Waals surface area contributed by atoms with Gasteiger partial charge >= 0.3 is 6.09 Å². The van der Waals surface area contributed by atoms with Crippen LogP contribution in [0.4, 0.5) is 10.5 Å². The van der Waals surface area contributed by atoms with Gasteiger partial charge in [-0.1, -0.05) is 12.1 Å². The van der Waals surface area contributed by atoms with E-state index in [4.69, 9.17) is 4.74 Å². The lowest BCUT2D eigenvalue weighted by atomic mass is 10.2. The van der Waals surface area contributed by atoms with Crippen LogP contribution in [0.3, 0.4) is 0 Å². The number of hydrogen-bond acceptors (Lipinski definition) is 3. The number of carbonyl (C=O) groups is 2. The van der Waals surface area contributed by atoms with Crippen LogP contribution in [-0.4, -0.2) is 34.5 Å². The number of halogens is 1. The molecule has 2 aromatic rings. The summed E-state index contributed by atoms with van der Waals surface area (Å²) >= 11 is 3.30. The van der Waals surface area contributed by atoms with Gasteiger partial charge in [0.25, 0.3) is 5.91 Å². The van der Waals surface area contributed by atoms with E-state index in [0.717, 1.165) is 10.0 Å². The molecular weight excluding hydrogens is 386 g/mol. The molecule has 6 nitrogen and oxygen atoms in total. The van der Waals surface area contributed by atoms with E-state index in [2.05, 4.69) is 26.2 Å². The number of ether oxygens (including phenoxy) is 1. The molecule has 7 heteroatoms. The number of nitrogens with one attached hydrogen (secondary N) is 2. The Hall–Kier alpha value is -2.28. The van der Waals surface area contributed by atoms with Crippen molar-refractivity contribution >= 4 is 33.6 Å². The zero-order valence-electron chi connectivity index (χ0n) is 14.7. The van der Waals surface area contributed by atoms with Crippen molar-refractivity contribution in [1.29, 1.82) is 0 Å². The highest BCUT2D eigenvalue weighted by molar-refractivity contribution is 9.10. The van der Waals surface area contributed by atoms with Crippen molar-refractivity contribution in [2.45, 2.75) is 32.9 Å². The molecule has 25 heavy (non-hydrogen) atoms. The summed E-state index contributed by atoms with van der Waals surface area (Å²) in [6.45, 7) is 5.86. The van der Waals surface area contributed by atoms with Gasteiger partial charge in [-0.25, -0.2) is 4.79 Å². The number of H-pyrrole nitrogens is 1. The first-order chi connectivity index (χ1) is 11.6. The fourth-order valence-corrected chi connectivity index (χ4v) is 2.47. The fourth-order valence-electron chi connectivity index (χ4n) is 2.12. The molecule has 0 aliphatic carbocycles. The molecule has 0 radical (unpaired) electrons. The predicted octanol–water partition coefficient (Wildman–Crippen LogP) is 4.40. The third-order valence-corrected chi connectivity index (χ3v) is 3.66. The van der Waals surface area contributed by atoms with Gasteiger partial charge in [0, 0.05) is 29.9 Å². The molecular formula is C18H22BrN3O3. The molecule has 0 unspecified atom stereocenters. The van der Waals surface area contributed by atoms with Crippen LogP contribution in [0.15, 0.2) is 41.0 Å². The normalized spacial score (nSPS) is 11.1. The van der Waals surface area contributed by atoms with Crippen LogP contribution in [0, 0.1) is 0 Å². The zero-order chi connectivity index (χ0) is 18.6. The topological polar surface area (TPSA) is 74.4 Å². The van der Waals surface area contributed by atoms with Crippen LogP contribution in [0.2, 0.25) is 0 Å². The first kappa shape index (κ1) is 19.1. The average Bonchev–Trinajstić information content (AvgIpc) is 2.92. The third kappa shape index (κ3) is 5.94. The minimum Gasteiger partial charge on any atom is -0.444 e. The smallest absolute Gasteiger partial charge is 0.410 e. The van der Waals surface area contributed by atoms with Crippen molar-refractivity contribution in [2.75, 3.05) is 12.4 Å². The van der Waals surface area contributed by atoms with Crippen LogP contribution >= 0.6 is 15.9 Å². The molecule has 0 saturated heterocycles. The van der Waals surface area contributed by atoms with Gasteiger partial charge in [0.15, 0.2) is 0 Å². The molecule has 2 amide bonds. The quantitative estimate of drug-likeness (QED) is 0.788.